The van der Waals surface area contributed by atoms with Gasteiger partial charge in [0.05, 0.1) is 27.9 Å². The zero-order valence-electron chi connectivity index (χ0n) is 17.8. The van der Waals surface area contributed by atoms with Crippen molar-refractivity contribution in [1.82, 2.24) is 9.88 Å². The first-order valence-corrected chi connectivity index (χ1v) is 10.1. The van der Waals surface area contributed by atoms with E-state index in [9.17, 15) is 23.3 Å². The number of fused-ring (bicyclic) bond motifs is 1. The smallest absolute Gasteiger partial charge is 0.380 e. The van der Waals surface area contributed by atoms with Crippen molar-refractivity contribution in [2.45, 2.75) is 12.7 Å². The highest BCUT2D eigenvalue weighted by Crippen LogP contribution is 2.36. The number of nitrogens with one attached hydrogen (secondary N) is 1. The minimum absolute atomic E-state index is 0. The van der Waals surface area contributed by atoms with Crippen molar-refractivity contribution < 1.29 is 18.1 Å². The molecule has 4 rings (SSSR count). The zero-order chi connectivity index (χ0) is 22.9. The van der Waals surface area contributed by atoms with Crippen LogP contribution in [0.5, 0.6) is 0 Å². The normalized spacial score (nSPS) is 14.7. The van der Waals surface area contributed by atoms with E-state index in [1.54, 1.807) is 18.3 Å². The lowest BCUT2D eigenvalue weighted by Gasteiger charge is -2.34. The molecule has 33 heavy (non-hydrogen) atoms. The molecule has 1 aromatic heterocycles. The van der Waals surface area contributed by atoms with Crippen LogP contribution in [0.1, 0.15) is 11.1 Å². The molecule has 0 saturated carbocycles. The van der Waals surface area contributed by atoms with Gasteiger partial charge in [0, 0.05) is 55.9 Å². The Morgan fingerprint density at radius 2 is 1.85 bits per heavy atom. The van der Waals surface area contributed by atoms with Crippen LogP contribution in [0, 0.1) is 10.1 Å². The van der Waals surface area contributed by atoms with Crippen molar-refractivity contribution in [2.75, 3.05) is 43.4 Å². The summed E-state index contributed by atoms with van der Waals surface area (Å²) in [6, 6.07) is 9.96. The number of hydrogen-bond donors (Lipinski definition) is 1. The number of hydrogen-bond acceptors (Lipinski definition) is 6. The summed E-state index contributed by atoms with van der Waals surface area (Å²) in [6.07, 6.45) is -2.91. The van der Waals surface area contributed by atoms with E-state index in [0.717, 1.165) is 44.0 Å². The molecule has 1 saturated heterocycles. The SMILES string of the molecule is CN1CCN(c2cnc3cc(C(F)(F)F)cc(NCc4cccc([N+](=O)[O-])c4)c3c2)CC1.Cl. The maximum absolute atomic E-state index is 13.5. The first kappa shape index (κ1) is 24.5. The quantitative estimate of drug-likeness (QED) is 0.410. The summed E-state index contributed by atoms with van der Waals surface area (Å²) in [5.41, 5.74) is 1.09. The van der Waals surface area contributed by atoms with Crippen LogP contribution in [-0.2, 0) is 12.7 Å². The molecule has 0 aliphatic carbocycles. The van der Waals surface area contributed by atoms with Crippen molar-refractivity contribution in [3.8, 4) is 0 Å². The third kappa shape index (κ3) is 5.63. The van der Waals surface area contributed by atoms with Gasteiger partial charge in [-0.15, -0.1) is 12.4 Å². The summed E-state index contributed by atoms with van der Waals surface area (Å²) < 4.78 is 40.4. The molecule has 1 aliphatic rings. The number of non-ortho nitro benzene ring substituents is 1. The fourth-order valence-corrected chi connectivity index (χ4v) is 3.74. The summed E-state index contributed by atoms with van der Waals surface area (Å²) in [6.45, 7) is 3.53. The monoisotopic (exact) mass is 481 g/mol. The Kier molecular flexibility index (Phi) is 7.28. The number of aromatic nitrogens is 1. The molecular weight excluding hydrogens is 459 g/mol. The summed E-state index contributed by atoms with van der Waals surface area (Å²) in [4.78, 5) is 19.2. The molecule has 3 aromatic rings. The average Bonchev–Trinajstić information content (AvgIpc) is 2.77. The van der Waals surface area contributed by atoms with Gasteiger partial charge in [0.2, 0.25) is 0 Å². The molecule has 176 valence electrons. The van der Waals surface area contributed by atoms with Crippen molar-refractivity contribution in [3.63, 3.8) is 0 Å². The van der Waals surface area contributed by atoms with Crippen LogP contribution in [0.4, 0.5) is 30.2 Å². The van der Waals surface area contributed by atoms with E-state index in [1.807, 2.05) is 13.1 Å². The molecule has 0 atom stereocenters. The van der Waals surface area contributed by atoms with Gasteiger partial charge in [-0.1, -0.05) is 12.1 Å². The van der Waals surface area contributed by atoms with Gasteiger partial charge in [-0.05, 0) is 30.8 Å². The van der Waals surface area contributed by atoms with Crippen LogP contribution in [0.15, 0.2) is 48.7 Å². The van der Waals surface area contributed by atoms with Crippen LogP contribution >= 0.6 is 12.4 Å². The summed E-state index contributed by atoms with van der Waals surface area (Å²) in [5.74, 6) is 0. The molecule has 0 radical (unpaired) electrons. The minimum atomic E-state index is -4.52. The van der Waals surface area contributed by atoms with E-state index < -0.39 is 16.7 Å². The molecular formula is C22H23ClF3N5O2. The Morgan fingerprint density at radius 3 is 2.52 bits per heavy atom. The number of nitro benzene ring substituents is 1. The number of rotatable bonds is 5. The molecule has 11 heteroatoms. The van der Waals surface area contributed by atoms with Crippen LogP contribution < -0.4 is 10.2 Å². The molecule has 1 fully saturated rings. The number of alkyl halides is 3. The molecule has 2 aromatic carbocycles. The average molecular weight is 482 g/mol. The van der Waals surface area contributed by atoms with Gasteiger partial charge in [0.25, 0.3) is 5.69 Å². The van der Waals surface area contributed by atoms with Gasteiger partial charge in [0.1, 0.15) is 0 Å². The van der Waals surface area contributed by atoms with Gasteiger partial charge in [-0.2, -0.15) is 13.2 Å². The lowest BCUT2D eigenvalue weighted by molar-refractivity contribution is -0.384. The maximum Gasteiger partial charge on any atom is 0.416 e. The van der Waals surface area contributed by atoms with Crippen molar-refractivity contribution in [2.24, 2.45) is 0 Å². The van der Waals surface area contributed by atoms with Crippen LogP contribution in [0.25, 0.3) is 10.9 Å². The molecule has 0 amide bonds. The molecule has 2 heterocycles. The fraction of sp³-hybridized carbons (Fsp3) is 0.318. The van der Waals surface area contributed by atoms with Crippen LogP contribution in [0.2, 0.25) is 0 Å². The number of benzene rings is 2. The van der Waals surface area contributed by atoms with Gasteiger partial charge in [-0.25, -0.2) is 0 Å². The highest BCUT2D eigenvalue weighted by Gasteiger charge is 2.31. The summed E-state index contributed by atoms with van der Waals surface area (Å²) >= 11 is 0. The number of nitro groups is 1. The standard InChI is InChI=1S/C22H22F3N5O2.ClH/c1-28-5-7-29(8-6-28)18-12-19-20(10-16(22(23,24)25)11-21(19)27-14-18)26-13-15-3-2-4-17(9-15)30(31)32;/h2-4,9-12,14,26H,5-8,13H2,1H3;1H. The third-order valence-corrected chi connectivity index (χ3v) is 5.59. The van der Waals surface area contributed by atoms with Crippen LogP contribution in [-0.4, -0.2) is 48.0 Å². The Labute approximate surface area is 194 Å². The number of piperazine rings is 1. The van der Waals surface area contributed by atoms with E-state index in [2.05, 4.69) is 20.1 Å². The second-order valence-electron chi connectivity index (χ2n) is 7.85. The molecule has 1 N–H and O–H groups in total. The van der Waals surface area contributed by atoms with E-state index in [-0.39, 0.29) is 35.8 Å². The van der Waals surface area contributed by atoms with E-state index in [4.69, 9.17) is 0 Å². The van der Waals surface area contributed by atoms with Crippen molar-refractivity contribution >= 4 is 40.4 Å². The fourth-order valence-electron chi connectivity index (χ4n) is 3.74. The van der Waals surface area contributed by atoms with Gasteiger partial charge < -0.3 is 15.1 Å². The Balaban J connectivity index is 0.00000306. The zero-order valence-corrected chi connectivity index (χ0v) is 18.6. The highest BCUT2D eigenvalue weighted by atomic mass is 35.5. The minimum Gasteiger partial charge on any atom is -0.380 e. The lowest BCUT2D eigenvalue weighted by atomic mass is 10.1. The first-order chi connectivity index (χ1) is 15.2. The predicted molar refractivity (Wildman–Crippen MR) is 124 cm³/mol. The maximum atomic E-state index is 13.5. The number of halogens is 4. The molecule has 1 aliphatic heterocycles. The van der Waals surface area contributed by atoms with E-state index in [1.165, 1.54) is 12.1 Å². The van der Waals surface area contributed by atoms with E-state index >= 15 is 0 Å². The van der Waals surface area contributed by atoms with Gasteiger partial charge >= 0.3 is 6.18 Å². The van der Waals surface area contributed by atoms with Crippen molar-refractivity contribution in [3.05, 3.63) is 69.9 Å². The number of pyridine rings is 1. The second kappa shape index (κ2) is 9.80. The highest BCUT2D eigenvalue weighted by molar-refractivity contribution is 5.94. The second-order valence-corrected chi connectivity index (χ2v) is 7.85. The summed E-state index contributed by atoms with van der Waals surface area (Å²) in [7, 11) is 2.05. The summed E-state index contributed by atoms with van der Waals surface area (Å²) in [5, 5.41) is 14.6. The Morgan fingerprint density at radius 1 is 1.12 bits per heavy atom. The largest absolute Gasteiger partial charge is 0.416 e. The first-order valence-electron chi connectivity index (χ1n) is 10.1. The topological polar surface area (TPSA) is 74.5 Å². The molecule has 0 spiro atoms. The molecule has 0 unspecified atom stereocenters. The lowest BCUT2D eigenvalue weighted by Crippen LogP contribution is -2.44. The van der Waals surface area contributed by atoms with Crippen LogP contribution in [0.3, 0.4) is 0 Å². The number of likely N-dealkylation sites (N-methyl/N-ethyl adjacent to an activating group) is 1. The predicted octanol–water partition coefficient (Wildman–Crippen LogP) is 4.95. The Bertz CT molecular complexity index is 1150. The molecule has 0 bridgehead atoms. The Hall–Kier alpha value is -3.11. The van der Waals surface area contributed by atoms with Gasteiger partial charge in [-0.3, -0.25) is 15.1 Å². The molecule has 7 nitrogen and oxygen atoms in total. The number of nitrogens with zero attached hydrogens (tertiary/aromatic N) is 4. The van der Waals surface area contributed by atoms with E-state index in [0.29, 0.717) is 10.9 Å². The third-order valence-electron chi connectivity index (χ3n) is 5.59. The van der Waals surface area contributed by atoms with Gasteiger partial charge in [0.15, 0.2) is 0 Å². The van der Waals surface area contributed by atoms with Crippen molar-refractivity contribution in [1.29, 1.82) is 0 Å². The number of anilines is 2.